The van der Waals surface area contributed by atoms with Crippen LogP contribution in [0, 0.1) is 5.92 Å². The first-order valence-corrected chi connectivity index (χ1v) is 6.25. The first-order valence-electron chi connectivity index (χ1n) is 6.25. The SMILES string of the molecule is CC(C)CCN=C(N)NC1CCCCC1. The van der Waals surface area contributed by atoms with E-state index in [-0.39, 0.29) is 0 Å². The number of guanidine groups is 1. The molecule has 3 N–H and O–H groups in total. The third-order valence-corrected chi connectivity index (χ3v) is 2.95. The van der Waals surface area contributed by atoms with Crippen molar-refractivity contribution >= 4 is 5.96 Å². The Labute approximate surface area is 93.5 Å². The van der Waals surface area contributed by atoms with Gasteiger partial charge in [-0.15, -0.1) is 0 Å². The molecule has 0 aromatic rings. The van der Waals surface area contributed by atoms with Gasteiger partial charge in [-0.05, 0) is 25.2 Å². The summed E-state index contributed by atoms with van der Waals surface area (Å²) in [4.78, 5) is 4.34. The van der Waals surface area contributed by atoms with Gasteiger partial charge in [0.1, 0.15) is 0 Å². The predicted molar refractivity (Wildman–Crippen MR) is 66.0 cm³/mol. The molecule has 0 spiro atoms. The molecule has 0 saturated heterocycles. The highest BCUT2D eigenvalue weighted by Gasteiger charge is 2.12. The minimum atomic E-state index is 0.571. The lowest BCUT2D eigenvalue weighted by Crippen LogP contribution is -2.41. The van der Waals surface area contributed by atoms with Crippen molar-refractivity contribution in [3.8, 4) is 0 Å². The fraction of sp³-hybridized carbons (Fsp3) is 0.917. The van der Waals surface area contributed by atoms with E-state index in [1.54, 1.807) is 0 Å². The third kappa shape index (κ3) is 5.65. The number of nitrogens with one attached hydrogen (secondary N) is 1. The van der Waals surface area contributed by atoms with Gasteiger partial charge in [-0.2, -0.15) is 0 Å². The van der Waals surface area contributed by atoms with Gasteiger partial charge in [-0.1, -0.05) is 33.1 Å². The van der Waals surface area contributed by atoms with E-state index in [0.29, 0.717) is 17.9 Å². The van der Waals surface area contributed by atoms with E-state index in [1.165, 1.54) is 32.1 Å². The molecule has 0 radical (unpaired) electrons. The number of aliphatic imine (C=N–C) groups is 1. The summed E-state index contributed by atoms with van der Waals surface area (Å²) in [7, 11) is 0. The molecule has 3 heteroatoms. The van der Waals surface area contributed by atoms with Crippen molar-refractivity contribution in [1.29, 1.82) is 0 Å². The van der Waals surface area contributed by atoms with Crippen LogP contribution in [0.3, 0.4) is 0 Å². The molecule has 88 valence electrons. The molecule has 15 heavy (non-hydrogen) atoms. The molecule has 1 rings (SSSR count). The zero-order valence-electron chi connectivity index (χ0n) is 10.1. The van der Waals surface area contributed by atoms with Crippen LogP contribution in [0.4, 0.5) is 0 Å². The molecule has 0 bridgehead atoms. The second-order valence-corrected chi connectivity index (χ2v) is 4.93. The van der Waals surface area contributed by atoms with Crippen LogP contribution < -0.4 is 11.1 Å². The van der Waals surface area contributed by atoms with Crippen LogP contribution in [0.25, 0.3) is 0 Å². The van der Waals surface area contributed by atoms with E-state index >= 15 is 0 Å². The smallest absolute Gasteiger partial charge is 0.188 e. The number of hydrogen-bond acceptors (Lipinski definition) is 1. The van der Waals surface area contributed by atoms with Crippen molar-refractivity contribution in [3.05, 3.63) is 0 Å². The molecule has 0 aromatic heterocycles. The maximum absolute atomic E-state index is 5.83. The fourth-order valence-corrected chi connectivity index (χ4v) is 1.94. The van der Waals surface area contributed by atoms with Gasteiger partial charge in [0, 0.05) is 12.6 Å². The Morgan fingerprint density at radius 2 is 2.00 bits per heavy atom. The van der Waals surface area contributed by atoms with E-state index in [0.717, 1.165) is 13.0 Å². The lowest BCUT2D eigenvalue weighted by atomic mass is 9.96. The molecule has 0 aliphatic heterocycles. The van der Waals surface area contributed by atoms with E-state index < -0.39 is 0 Å². The van der Waals surface area contributed by atoms with Gasteiger partial charge in [-0.3, -0.25) is 4.99 Å². The minimum absolute atomic E-state index is 0.571. The van der Waals surface area contributed by atoms with Crippen molar-refractivity contribution < 1.29 is 0 Å². The number of hydrogen-bond donors (Lipinski definition) is 2. The Morgan fingerprint density at radius 1 is 1.33 bits per heavy atom. The quantitative estimate of drug-likeness (QED) is 0.553. The number of nitrogens with zero attached hydrogens (tertiary/aromatic N) is 1. The first-order chi connectivity index (χ1) is 7.18. The zero-order chi connectivity index (χ0) is 11.1. The van der Waals surface area contributed by atoms with Gasteiger partial charge < -0.3 is 11.1 Å². The van der Waals surface area contributed by atoms with Crippen LogP contribution in [0.15, 0.2) is 4.99 Å². The molecule has 1 fully saturated rings. The van der Waals surface area contributed by atoms with Gasteiger partial charge in [0.2, 0.25) is 0 Å². The number of rotatable bonds is 4. The van der Waals surface area contributed by atoms with Crippen molar-refractivity contribution in [1.82, 2.24) is 5.32 Å². The minimum Gasteiger partial charge on any atom is -0.370 e. The highest BCUT2D eigenvalue weighted by Crippen LogP contribution is 2.16. The fourth-order valence-electron chi connectivity index (χ4n) is 1.94. The topological polar surface area (TPSA) is 50.4 Å². The lowest BCUT2D eigenvalue weighted by molar-refractivity contribution is 0.412. The van der Waals surface area contributed by atoms with Crippen LogP contribution in [0.1, 0.15) is 52.4 Å². The van der Waals surface area contributed by atoms with Gasteiger partial charge in [0.25, 0.3) is 0 Å². The largest absolute Gasteiger partial charge is 0.370 e. The Morgan fingerprint density at radius 3 is 2.60 bits per heavy atom. The summed E-state index contributed by atoms with van der Waals surface area (Å²) < 4.78 is 0. The number of nitrogens with two attached hydrogens (primary N) is 1. The molecule has 0 atom stereocenters. The maximum Gasteiger partial charge on any atom is 0.188 e. The van der Waals surface area contributed by atoms with Gasteiger partial charge in [-0.25, -0.2) is 0 Å². The van der Waals surface area contributed by atoms with Crippen LogP contribution in [0.5, 0.6) is 0 Å². The molecule has 1 aliphatic rings. The van der Waals surface area contributed by atoms with Crippen LogP contribution in [-0.2, 0) is 0 Å². The molecule has 0 unspecified atom stereocenters. The molecule has 0 heterocycles. The molecule has 3 nitrogen and oxygen atoms in total. The first kappa shape index (κ1) is 12.3. The highest BCUT2D eigenvalue weighted by molar-refractivity contribution is 5.78. The summed E-state index contributed by atoms with van der Waals surface area (Å²) in [5, 5.41) is 3.32. The Kier molecular flexibility index (Phi) is 5.51. The molecular weight excluding hydrogens is 186 g/mol. The molecule has 0 amide bonds. The van der Waals surface area contributed by atoms with Crippen molar-refractivity contribution in [3.63, 3.8) is 0 Å². The summed E-state index contributed by atoms with van der Waals surface area (Å²) in [6.45, 7) is 5.27. The second-order valence-electron chi connectivity index (χ2n) is 4.93. The van der Waals surface area contributed by atoms with E-state index in [2.05, 4.69) is 24.2 Å². The lowest BCUT2D eigenvalue weighted by Gasteiger charge is -2.23. The Balaban J connectivity index is 2.18. The molecule has 0 aromatic carbocycles. The average Bonchev–Trinajstić information content (AvgIpc) is 2.18. The van der Waals surface area contributed by atoms with Crippen LogP contribution >= 0.6 is 0 Å². The van der Waals surface area contributed by atoms with Gasteiger partial charge in [0.05, 0.1) is 0 Å². The van der Waals surface area contributed by atoms with E-state index in [9.17, 15) is 0 Å². The molecule has 1 saturated carbocycles. The zero-order valence-corrected chi connectivity index (χ0v) is 10.1. The van der Waals surface area contributed by atoms with E-state index in [4.69, 9.17) is 5.73 Å². The predicted octanol–water partition coefficient (Wildman–Crippen LogP) is 2.27. The summed E-state index contributed by atoms with van der Waals surface area (Å²) in [5.41, 5.74) is 5.83. The average molecular weight is 211 g/mol. The van der Waals surface area contributed by atoms with Crippen molar-refractivity contribution in [2.75, 3.05) is 6.54 Å². The van der Waals surface area contributed by atoms with Crippen LogP contribution in [-0.4, -0.2) is 18.5 Å². The van der Waals surface area contributed by atoms with Crippen molar-refractivity contribution in [2.45, 2.75) is 58.4 Å². The normalized spacial score (nSPS) is 19.5. The summed E-state index contributed by atoms with van der Waals surface area (Å²) >= 11 is 0. The summed E-state index contributed by atoms with van der Waals surface area (Å²) in [6.07, 6.45) is 7.66. The standard InChI is InChI=1S/C12H25N3/c1-10(2)8-9-14-12(13)15-11-6-4-3-5-7-11/h10-11H,3-9H2,1-2H3,(H3,13,14,15). The molecular formula is C12H25N3. The monoisotopic (exact) mass is 211 g/mol. The third-order valence-electron chi connectivity index (χ3n) is 2.95. The summed E-state index contributed by atoms with van der Waals surface area (Å²) in [6, 6.07) is 0.571. The Bertz CT molecular complexity index is 193. The second kappa shape index (κ2) is 6.70. The molecule has 1 aliphatic carbocycles. The van der Waals surface area contributed by atoms with Crippen LogP contribution in [0.2, 0.25) is 0 Å². The maximum atomic E-state index is 5.83. The van der Waals surface area contributed by atoms with E-state index in [1.807, 2.05) is 0 Å². The Hall–Kier alpha value is -0.730. The van der Waals surface area contributed by atoms with Gasteiger partial charge >= 0.3 is 0 Å². The van der Waals surface area contributed by atoms with Gasteiger partial charge in [0.15, 0.2) is 5.96 Å². The summed E-state index contributed by atoms with van der Waals surface area (Å²) in [5.74, 6) is 1.35. The highest BCUT2D eigenvalue weighted by atomic mass is 15.1. The van der Waals surface area contributed by atoms with Crippen molar-refractivity contribution in [2.24, 2.45) is 16.6 Å².